The van der Waals surface area contributed by atoms with Crippen molar-refractivity contribution in [3.63, 3.8) is 0 Å². The van der Waals surface area contributed by atoms with E-state index in [1.54, 1.807) is 29.9 Å². The maximum absolute atomic E-state index is 13.0. The second kappa shape index (κ2) is 9.17. The van der Waals surface area contributed by atoms with Crippen LogP contribution in [0.5, 0.6) is 0 Å². The van der Waals surface area contributed by atoms with E-state index in [-0.39, 0.29) is 0 Å². The highest BCUT2D eigenvalue weighted by Crippen LogP contribution is 2.37. The van der Waals surface area contributed by atoms with E-state index < -0.39 is 11.0 Å². The molecule has 7 heteroatoms. The van der Waals surface area contributed by atoms with E-state index in [4.69, 9.17) is 4.98 Å². The Bertz CT molecular complexity index is 1130. The maximum Gasteiger partial charge on any atom is 0.161 e. The third-order valence-corrected chi connectivity index (χ3v) is 6.38. The van der Waals surface area contributed by atoms with E-state index in [1.165, 1.54) is 12.8 Å². The molecule has 1 atom stereocenters. The van der Waals surface area contributed by atoms with Gasteiger partial charge in [0.2, 0.25) is 0 Å². The number of allylic oxidation sites excluding steroid dienone is 3. The molecule has 1 unspecified atom stereocenters. The van der Waals surface area contributed by atoms with E-state index in [9.17, 15) is 4.21 Å². The van der Waals surface area contributed by atoms with E-state index in [0.717, 1.165) is 35.3 Å². The minimum Gasteiger partial charge on any atom is -0.295 e. The molecule has 30 heavy (non-hydrogen) atoms. The van der Waals surface area contributed by atoms with Gasteiger partial charge in [-0.25, -0.2) is 9.19 Å². The zero-order chi connectivity index (χ0) is 20.9. The maximum atomic E-state index is 13.0. The number of hydrogen-bond acceptors (Lipinski definition) is 4. The van der Waals surface area contributed by atoms with Gasteiger partial charge < -0.3 is 0 Å². The predicted octanol–water partition coefficient (Wildman–Crippen LogP) is 4.90. The van der Waals surface area contributed by atoms with Crippen molar-refractivity contribution in [3.05, 3.63) is 71.8 Å². The number of fused-ring (bicyclic) bond motifs is 1. The summed E-state index contributed by atoms with van der Waals surface area (Å²) in [7, 11) is 0.127. The monoisotopic (exact) mass is 419 g/mol. The standard InChI is InChI=1S/C23H25N5OS/c1-3-9-19(15-24-2)30(29)27-22-14-21(18-12-5-4-6-13-18)26-23-20(16-25-28(22)23)17-10-7-8-11-17/h3-6,9,12-17,27H,1,7-8,10-11H2,2H3/b19-9+,24-15?. The van der Waals surface area contributed by atoms with Gasteiger partial charge in [0.15, 0.2) is 16.6 Å². The summed E-state index contributed by atoms with van der Waals surface area (Å²) in [5, 5.41) is 4.59. The van der Waals surface area contributed by atoms with Gasteiger partial charge in [-0.1, -0.05) is 55.8 Å². The molecule has 154 valence electrons. The van der Waals surface area contributed by atoms with E-state index in [1.807, 2.05) is 42.6 Å². The zero-order valence-electron chi connectivity index (χ0n) is 17.0. The van der Waals surface area contributed by atoms with E-state index >= 15 is 0 Å². The SMILES string of the molecule is C=C/C=C(\C=NC)S(=O)Nc1cc(-c2ccccc2)nc2c(C3CCCC3)cnn12. The average molecular weight is 420 g/mol. The molecule has 6 nitrogen and oxygen atoms in total. The molecule has 0 saturated heterocycles. The Morgan fingerprint density at radius 3 is 2.77 bits per heavy atom. The molecule has 0 aliphatic heterocycles. The molecule has 3 aromatic rings. The second-order valence-electron chi connectivity index (χ2n) is 7.27. The van der Waals surface area contributed by atoms with Crippen LogP contribution in [0.1, 0.15) is 37.2 Å². The molecular formula is C23H25N5OS. The van der Waals surface area contributed by atoms with Crippen molar-refractivity contribution in [1.82, 2.24) is 14.6 Å². The molecule has 0 radical (unpaired) electrons. The van der Waals surface area contributed by atoms with E-state index in [0.29, 0.717) is 16.6 Å². The average Bonchev–Trinajstić information content (AvgIpc) is 3.44. The normalized spacial score (nSPS) is 16.4. The van der Waals surface area contributed by atoms with Crippen LogP contribution in [0.2, 0.25) is 0 Å². The Hall–Kier alpha value is -3.06. The summed E-state index contributed by atoms with van der Waals surface area (Å²) in [6.07, 6.45) is 11.5. The fraction of sp³-hybridized carbons (Fsp3) is 0.261. The first kappa shape index (κ1) is 20.2. The van der Waals surface area contributed by atoms with Crippen molar-refractivity contribution in [2.75, 3.05) is 11.8 Å². The molecule has 2 heterocycles. The summed E-state index contributed by atoms with van der Waals surface area (Å²) in [4.78, 5) is 9.46. The van der Waals surface area contributed by atoms with Gasteiger partial charge in [0.1, 0.15) is 5.82 Å². The predicted molar refractivity (Wildman–Crippen MR) is 124 cm³/mol. The zero-order valence-corrected chi connectivity index (χ0v) is 17.8. The van der Waals surface area contributed by atoms with Crippen LogP contribution < -0.4 is 4.72 Å². The molecule has 1 aromatic carbocycles. The first-order valence-corrected chi connectivity index (χ1v) is 11.2. The Kier molecular flexibility index (Phi) is 6.18. The number of aromatic nitrogens is 3. The first-order chi connectivity index (χ1) is 14.7. The highest BCUT2D eigenvalue weighted by atomic mass is 32.2. The smallest absolute Gasteiger partial charge is 0.161 e. The number of benzene rings is 1. The van der Waals surface area contributed by atoms with Gasteiger partial charge in [-0.05, 0) is 24.8 Å². The van der Waals surface area contributed by atoms with Crippen molar-refractivity contribution >= 4 is 28.7 Å². The highest BCUT2D eigenvalue weighted by molar-refractivity contribution is 7.91. The van der Waals surface area contributed by atoms with Gasteiger partial charge >= 0.3 is 0 Å². The number of aliphatic imine (C=N–C) groups is 1. The first-order valence-electron chi connectivity index (χ1n) is 10.1. The highest BCUT2D eigenvalue weighted by Gasteiger charge is 2.23. The summed E-state index contributed by atoms with van der Waals surface area (Å²) in [6, 6.07) is 11.9. The van der Waals surface area contributed by atoms with Crippen LogP contribution in [0.15, 0.2) is 71.2 Å². The summed E-state index contributed by atoms with van der Waals surface area (Å²) in [5.74, 6) is 1.10. The Labute approximate surface area is 179 Å². The molecule has 1 aliphatic carbocycles. The molecule has 1 saturated carbocycles. The van der Waals surface area contributed by atoms with Gasteiger partial charge in [0, 0.05) is 30.5 Å². The van der Waals surface area contributed by atoms with Crippen LogP contribution in [0.4, 0.5) is 5.82 Å². The second-order valence-corrected chi connectivity index (χ2v) is 8.49. The summed E-state index contributed by atoms with van der Waals surface area (Å²) in [6.45, 7) is 3.70. The van der Waals surface area contributed by atoms with Crippen LogP contribution in [0, 0.1) is 0 Å². The number of hydrogen-bond donors (Lipinski definition) is 1. The fourth-order valence-corrected chi connectivity index (χ4v) is 4.76. The molecule has 4 rings (SSSR count). The van der Waals surface area contributed by atoms with Crippen LogP contribution in [0.25, 0.3) is 16.9 Å². The fourth-order valence-electron chi connectivity index (χ4n) is 3.88. The van der Waals surface area contributed by atoms with Crippen molar-refractivity contribution < 1.29 is 4.21 Å². The minimum atomic E-state index is -1.52. The van der Waals surface area contributed by atoms with Gasteiger partial charge in [0.05, 0.1) is 16.8 Å². The van der Waals surface area contributed by atoms with Crippen LogP contribution >= 0.6 is 0 Å². The molecule has 1 aliphatic rings. The van der Waals surface area contributed by atoms with Gasteiger partial charge in [-0.15, -0.1) is 0 Å². The molecule has 2 aromatic heterocycles. The molecule has 0 bridgehead atoms. The van der Waals surface area contributed by atoms with Gasteiger partial charge in [0.25, 0.3) is 0 Å². The Morgan fingerprint density at radius 1 is 1.30 bits per heavy atom. The lowest BCUT2D eigenvalue weighted by Gasteiger charge is -2.12. The molecular weight excluding hydrogens is 394 g/mol. The van der Waals surface area contributed by atoms with Gasteiger partial charge in [-0.3, -0.25) is 9.71 Å². The third kappa shape index (κ3) is 4.11. The largest absolute Gasteiger partial charge is 0.295 e. The number of anilines is 1. The van der Waals surface area contributed by atoms with Crippen molar-refractivity contribution in [2.45, 2.75) is 31.6 Å². The van der Waals surface area contributed by atoms with Crippen molar-refractivity contribution in [2.24, 2.45) is 4.99 Å². The van der Waals surface area contributed by atoms with Crippen LogP contribution in [-0.2, 0) is 11.0 Å². The topological polar surface area (TPSA) is 71.7 Å². The van der Waals surface area contributed by atoms with Crippen LogP contribution in [0.3, 0.4) is 0 Å². The molecule has 1 N–H and O–H groups in total. The Balaban J connectivity index is 1.82. The van der Waals surface area contributed by atoms with Crippen molar-refractivity contribution in [1.29, 1.82) is 0 Å². The van der Waals surface area contributed by atoms with Gasteiger partial charge in [-0.2, -0.15) is 9.61 Å². The lowest BCUT2D eigenvalue weighted by Crippen LogP contribution is -2.12. The number of nitrogens with zero attached hydrogens (tertiary/aromatic N) is 4. The number of rotatable bonds is 7. The molecule has 0 spiro atoms. The summed E-state index contributed by atoms with van der Waals surface area (Å²) < 4.78 is 17.8. The summed E-state index contributed by atoms with van der Waals surface area (Å²) in [5.41, 5.74) is 3.81. The third-order valence-electron chi connectivity index (χ3n) is 5.31. The Morgan fingerprint density at radius 2 is 2.07 bits per heavy atom. The summed E-state index contributed by atoms with van der Waals surface area (Å²) >= 11 is 0. The van der Waals surface area contributed by atoms with Crippen molar-refractivity contribution in [3.8, 4) is 11.3 Å². The minimum absolute atomic E-state index is 0.475. The number of nitrogens with one attached hydrogen (secondary N) is 1. The molecule has 0 amide bonds. The van der Waals surface area contributed by atoms with E-state index in [2.05, 4.69) is 21.4 Å². The molecule has 1 fully saturated rings. The quantitative estimate of drug-likeness (QED) is 0.437. The van der Waals surface area contributed by atoms with Crippen LogP contribution in [-0.4, -0.2) is 32.1 Å². The lowest BCUT2D eigenvalue weighted by atomic mass is 10.0. The lowest BCUT2D eigenvalue weighted by molar-refractivity contribution is 0.690.